The topological polar surface area (TPSA) is 52.9 Å². The van der Waals surface area contributed by atoms with E-state index in [0.717, 1.165) is 5.56 Å². The van der Waals surface area contributed by atoms with Crippen molar-refractivity contribution in [3.63, 3.8) is 0 Å². The number of hydrogen-bond donors (Lipinski definition) is 1. The van der Waals surface area contributed by atoms with Crippen molar-refractivity contribution in [2.75, 3.05) is 0 Å². The molecule has 3 nitrogen and oxygen atoms in total. The van der Waals surface area contributed by atoms with Crippen LogP contribution in [0.3, 0.4) is 0 Å². The van der Waals surface area contributed by atoms with Gasteiger partial charge in [0.1, 0.15) is 5.92 Å². The van der Waals surface area contributed by atoms with Gasteiger partial charge in [-0.15, -0.1) is 6.42 Å². The molecule has 1 amide bonds. The van der Waals surface area contributed by atoms with E-state index in [1.165, 1.54) is 0 Å². The van der Waals surface area contributed by atoms with E-state index in [9.17, 15) is 4.79 Å². The SMILES string of the molecule is C#CC(C)(C)NC(=O)C(C#N)Cc1ccccc1. The number of terminal acetylenes is 1. The van der Waals surface area contributed by atoms with Crippen LogP contribution >= 0.6 is 0 Å². The lowest BCUT2D eigenvalue weighted by molar-refractivity contribution is -0.124. The first-order valence-electron chi connectivity index (χ1n) is 5.72. The summed E-state index contributed by atoms with van der Waals surface area (Å²) in [5.41, 5.74) is 0.223. The fraction of sp³-hybridized carbons (Fsp3) is 0.333. The maximum atomic E-state index is 11.9. The third kappa shape index (κ3) is 3.96. The molecule has 1 atom stereocenters. The average molecular weight is 240 g/mol. The highest BCUT2D eigenvalue weighted by molar-refractivity contribution is 5.82. The van der Waals surface area contributed by atoms with Crippen LogP contribution in [-0.4, -0.2) is 11.4 Å². The van der Waals surface area contributed by atoms with Gasteiger partial charge >= 0.3 is 0 Å². The van der Waals surface area contributed by atoms with Gasteiger partial charge < -0.3 is 5.32 Å². The van der Waals surface area contributed by atoms with E-state index in [1.54, 1.807) is 13.8 Å². The van der Waals surface area contributed by atoms with E-state index in [2.05, 4.69) is 11.2 Å². The molecule has 1 rings (SSSR count). The smallest absolute Gasteiger partial charge is 0.238 e. The Balaban J connectivity index is 2.72. The van der Waals surface area contributed by atoms with E-state index in [0.29, 0.717) is 6.42 Å². The molecule has 0 radical (unpaired) electrons. The Morgan fingerprint density at radius 1 is 1.44 bits per heavy atom. The zero-order valence-corrected chi connectivity index (χ0v) is 10.6. The molecule has 0 saturated carbocycles. The van der Waals surface area contributed by atoms with Crippen LogP contribution in [0.1, 0.15) is 19.4 Å². The van der Waals surface area contributed by atoms with E-state index in [4.69, 9.17) is 11.7 Å². The van der Waals surface area contributed by atoms with Crippen molar-refractivity contribution >= 4 is 5.91 Å². The molecule has 0 saturated heterocycles. The van der Waals surface area contributed by atoms with Crippen LogP contribution in [0.25, 0.3) is 0 Å². The van der Waals surface area contributed by atoms with Crippen LogP contribution in [0.15, 0.2) is 30.3 Å². The summed E-state index contributed by atoms with van der Waals surface area (Å²) in [7, 11) is 0. The van der Waals surface area contributed by atoms with Crippen LogP contribution in [-0.2, 0) is 11.2 Å². The molecular weight excluding hydrogens is 224 g/mol. The second kappa shape index (κ2) is 5.89. The van der Waals surface area contributed by atoms with Gasteiger partial charge in [0.15, 0.2) is 0 Å². The van der Waals surface area contributed by atoms with Crippen molar-refractivity contribution in [3.8, 4) is 18.4 Å². The number of nitrogens with zero attached hydrogens (tertiary/aromatic N) is 1. The molecule has 0 fully saturated rings. The molecule has 1 aromatic carbocycles. The summed E-state index contributed by atoms with van der Waals surface area (Å²) in [6.45, 7) is 3.45. The molecule has 1 N–H and O–H groups in total. The highest BCUT2D eigenvalue weighted by atomic mass is 16.2. The van der Waals surface area contributed by atoms with E-state index >= 15 is 0 Å². The number of rotatable bonds is 4. The first-order chi connectivity index (χ1) is 8.48. The standard InChI is InChI=1S/C15H16N2O/c1-4-15(2,3)17-14(18)13(11-16)10-12-8-6-5-7-9-12/h1,5-9,13H,10H2,2-3H3,(H,17,18). The normalized spacial score (nSPS) is 12.0. The molecule has 0 aliphatic heterocycles. The third-order valence-corrected chi connectivity index (χ3v) is 2.55. The molecule has 18 heavy (non-hydrogen) atoms. The number of hydrogen-bond acceptors (Lipinski definition) is 2. The number of amides is 1. The molecular formula is C15H16N2O. The second-order valence-electron chi connectivity index (χ2n) is 4.63. The minimum Gasteiger partial charge on any atom is -0.339 e. The quantitative estimate of drug-likeness (QED) is 0.817. The largest absolute Gasteiger partial charge is 0.339 e. The summed E-state index contributed by atoms with van der Waals surface area (Å²) >= 11 is 0. The van der Waals surface area contributed by atoms with Crippen molar-refractivity contribution in [2.24, 2.45) is 5.92 Å². The Kier molecular flexibility index (Phi) is 4.52. The zero-order chi connectivity index (χ0) is 13.6. The lowest BCUT2D eigenvalue weighted by Gasteiger charge is -2.21. The molecule has 0 bridgehead atoms. The van der Waals surface area contributed by atoms with Crippen molar-refractivity contribution in [2.45, 2.75) is 25.8 Å². The lowest BCUT2D eigenvalue weighted by Crippen LogP contribution is -2.45. The van der Waals surface area contributed by atoms with Crippen LogP contribution in [0.5, 0.6) is 0 Å². The Labute approximate surface area is 108 Å². The van der Waals surface area contributed by atoms with Crippen molar-refractivity contribution < 1.29 is 4.79 Å². The highest BCUT2D eigenvalue weighted by Gasteiger charge is 2.24. The maximum Gasteiger partial charge on any atom is 0.238 e. The number of nitrogens with one attached hydrogen (secondary N) is 1. The number of benzene rings is 1. The predicted molar refractivity (Wildman–Crippen MR) is 70.3 cm³/mol. The molecule has 3 heteroatoms. The van der Waals surface area contributed by atoms with Gasteiger partial charge in [-0.05, 0) is 25.8 Å². The monoisotopic (exact) mass is 240 g/mol. The second-order valence-corrected chi connectivity index (χ2v) is 4.63. The van der Waals surface area contributed by atoms with Gasteiger partial charge in [-0.2, -0.15) is 5.26 Å². The van der Waals surface area contributed by atoms with E-state index < -0.39 is 11.5 Å². The molecule has 1 aromatic rings. The fourth-order valence-electron chi connectivity index (χ4n) is 1.48. The van der Waals surface area contributed by atoms with Gasteiger partial charge in [0.05, 0.1) is 11.6 Å². The van der Waals surface area contributed by atoms with Gasteiger partial charge in [0.2, 0.25) is 5.91 Å². The van der Waals surface area contributed by atoms with Gasteiger partial charge in [-0.1, -0.05) is 36.3 Å². The summed E-state index contributed by atoms with van der Waals surface area (Å²) in [6, 6.07) is 11.5. The van der Waals surface area contributed by atoms with Gasteiger partial charge in [0.25, 0.3) is 0 Å². The van der Waals surface area contributed by atoms with Crippen LogP contribution in [0.4, 0.5) is 0 Å². The van der Waals surface area contributed by atoms with Gasteiger partial charge in [-0.25, -0.2) is 0 Å². The van der Waals surface area contributed by atoms with Crippen LogP contribution in [0, 0.1) is 29.6 Å². The van der Waals surface area contributed by atoms with Crippen LogP contribution < -0.4 is 5.32 Å². The maximum absolute atomic E-state index is 11.9. The molecule has 0 aliphatic carbocycles. The van der Waals surface area contributed by atoms with Crippen molar-refractivity contribution in [1.82, 2.24) is 5.32 Å². The summed E-state index contributed by atoms with van der Waals surface area (Å²) in [5, 5.41) is 11.7. The van der Waals surface area contributed by atoms with Crippen LogP contribution in [0.2, 0.25) is 0 Å². The Morgan fingerprint density at radius 2 is 2.06 bits per heavy atom. The van der Waals surface area contributed by atoms with Crippen molar-refractivity contribution in [1.29, 1.82) is 5.26 Å². The van der Waals surface area contributed by atoms with Gasteiger partial charge in [0, 0.05) is 0 Å². The number of carbonyl (C=O) groups excluding carboxylic acids is 1. The Morgan fingerprint density at radius 3 is 2.56 bits per heavy atom. The Bertz CT molecular complexity index is 491. The summed E-state index contributed by atoms with van der Waals surface area (Å²) < 4.78 is 0. The molecule has 1 unspecified atom stereocenters. The molecule has 0 spiro atoms. The average Bonchev–Trinajstić information content (AvgIpc) is 2.36. The predicted octanol–water partition coefficient (Wildman–Crippen LogP) is 1.90. The summed E-state index contributed by atoms with van der Waals surface area (Å²) in [4.78, 5) is 11.9. The van der Waals surface area contributed by atoms with Crippen molar-refractivity contribution in [3.05, 3.63) is 35.9 Å². The number of nitriles is 1. The van der Waals surface area contributed by atoms with E-state index in [1.807, 2.05) is 36.4 Å². The Hall–Kier alpha value is -2.26. The first-order valence-corrected chi connectivity index (χ1v) is 5.72. The molecule has 0 heterocycles. The summed E-state index contributed by atoms with van der Waals surface area (Å²) in [5.74, 6) is 1.42. The summed E-state index contributed by atoms with van der Waals surface area (Å²) in [6.07, 6.45) is 5.69. The zero-order valence-electron chi connectivity index (χ0n) is 10.6. The minimum absolute atomic E-state index is 0.329. The first kappa shape index (κ1) is 13.8. The minimum atomic E-state index is -0.733. The molecule has 0 aromatic heterocycles. The number of carbonyl (C=O) groups is 1. The van der Waals surface area contributed by atoms with Gasteiger partial charge in [-0.3, -0.25) is 4.79 Å². The highest BCUT2D eigenvalue weighted by Crippen LogP contribution is 2.10. The molecule has 0 aliphatic rings. The fourth-order valence-corrected chi connectivity index (χ4v) is 1.48. The lowest BCUT2D eigenvalue weighted by atomic mass is 9.98. The molecule has 92 valence electrons. The third-order valence-electron chi connectivity index (χ3n) is 2.55. The van der Waals surface area contributed by atoms with E-state index in [-0.39, 0.29) is 5.91 Å².